The molecule has 110 valence electrons. The average Bonchev–Trinajstić information content (AvgIpc) is 3.04. The third-order valence-corrected chi connectivity index (χ3v) is 5.25. The van der Waals surface area contributed by atoms with E-state index < -0.39 is 0 Å². The summed E-state index contributed by atoms with van der Waals surface area (Å²) in [7, 11) is 0. The molecular weight excluding hydrogens is 288 g/mol. The van der Waals surface area contributed by atoms with E-state index in [4.69, 9.17) is 4.98 Å². The molecule has 1 aromatic heterocycles. The molecule has 0 spiro atoms. The zero-order valence-electron chi connectivity index (χ0n) is 12.5. The fourth-order valence-corrected chi connectivity index (χ4v) is 3.98. The van der Waals surface area contributed by atoms with Crippen molar-refractivity contribution in [2.45, 2.75) is 19.5 Å². The lowest BCUT2D eigenvalue weighted by atomic mass is 10.00. The Morgan fingerprint density at radius 2 is 1.73 bits per heavy atom. The van der Waals surface area contributed by atoms with Gasteiger partial charge in [-0.05, 0) is 5.56 Å². The van der Waals surface area contributed by atoms with E-state index in [0.717, 1.165) is 18.1 Å². The van der Waals surface area contributed by atoms with E-state index in [1.807, 2.05) is 6.07 Å². The predicted octanol–water partition coefficient (Wildman–Crippen LogP) is 2.95. The van der Waals surface area contributed by atoms with E-state index in [9.17, 15) is 0 Å². The summed E-state index contributed by atoms with van der Waals surface area (Å²) < 4.78 is 0. The van der Waals surface area contributed by atoms with Crippen LogP contribution in [0.2, 0.25) is 0 Å². The molecule has 3 aromatic rings. The molecule has 22 heavy (non-hydrogen) atoms. The molecule has 2 heterocycles. The van der Waals surface area contributed by atoms with Gasteiger partial charge in [-0.15, -0.1) is 11.3 Å². The monoisotopic (exact) mass is 307 g/mol. The van der Waals surface area contributed by atoms with E-state index in [0.29, 0.717) is 0 Å². The molecule has 0 bridgehead atoms. The van der Waals surface area contributed by atoms with Crippen LogP contribution < -0.4 is 4.90 Å². The Labute approximate surface area is 135 Å². The van der Waals surface area contributed by atoms with Crippen LogP contribution in [0.25, 0.3) is 10.6 Å². The van der Waals surface area contributed by atoms with Gasteiger partial charge in [0.2, 0.25) is 0 Å². The maximum Gasteiger partial charge on any atom is 0.123 e. The van der Waals surface area contributed by atoms with Crippen molar-refractivity contribution in [3.8, 4) is 10.6 Å². The minimum atomic E-state index is 1.03. The molecule has 0 radical (unpaired) electrons. The highest BCUT2D eigenvalue weighted by molar-refractivity contribution is 7.13. The van der Waals surface area contributed by atoms with Crippen LogP contribution in [0.4, 0.5) is 0 Å². The Morgan fingerprint density at radius 3 is 2.59 bits per heavy atom. The van der Waals surface area contributed by atoms with Crippen molar-refractivity contribution < 1.29 is 4.90 Å². The van der Waals surface area contributed by atoms with E-state index in [1.54, 1.807) is 16.2 Å². The second-order valence-electron chi connectivity index (χ2n) is 5.88. The lowest BCUT2D eigenvalue weighted by Gasteiger charge is -2.25. The molecule has 1 N–H and O–H groups in total. The van der Waals surface area contributed by atoms with Crippen molar-refractivity contribution in [2.75, 3.05) is 6.54 Å². The van der Waals surface area contributed by atoms with Gasteiger partial charge in [0.15, 0.2) is 0 Å². The summed E-state index contributed by atoms with van der Waals surface area (Å²) in [4.78, 5) is 6.44. The number of rotatable bonds is 3. The van der Waals surface area contributed by atoms with Crippen LogP contribution in [-0.4, -0.2) is 11.5 Å². The first-order valence-electron chi connectivity index (χ1n) is 7.79. The lowest BCUT2D eigenvalue weighted by molar-refractivity contribution is -0.929. The molecule has 0 saturated carbocycles. The summed E-state index contributed by atoms with van der Waals surface area (Å²) in [5.41, 5.74) is 5.47. The Hall–Kier alpha value is -1.97. The van der Waals surface area contributed by atoms with E-state index in [2.05, 4.69) is 53.9 Å². The number of nitrogens with one attached hydrogen (secondary N) is 1. The van der Waals surface area contributed by atoms with Crippen molar-refractivity contribution in [2.24, 2.45) is 0 Å². The molecule has 2 aromatic carbocycles. The fourth-order valence-electron chi connectivity index (χ4n) is 3.15. The predicted molar refractivity (Wildman–Crippen MR) is 90.9 cm³/mol. The molecule has 1 aliphatic rings. The van der Waals surface area contributed by atoms with Gasteiger partial charge in [0, 0.05) is 22.9 Å². The first-order chi connectivity index (χ1) is 10.9. The van der Waals surface area contributed by atoms with Crippen molar-refractivity contribution >= 4 is 11.3 Å². The van der Waals surface area contributed by atoms with E-state index in [1.165, 1.54) is 35.3 Å². The number of aromatic nitrogens is 1. The van der Waals surface area contributed by atoms with E-state index in [-0.39, 0.29) is 0 Å². The first-order valence-corrected chi connectivity index (χ1v) is 8.66. The van der Waals surface area contributed by atoms with Crippen LogP contribution in [0.5, 0.6) is 0 Å². The zero-order valence-corrected chi connectivity index (χ0v) is 13.3. The third kappa shape index (κ3) is 2.82. The Morgan fingerprint density at radius 1 is 0.955 bits per heavy atom. The van der Waals surface area contributed by atoms with Gasteiger partial charge < -0.3 is 4.90 Å². The van der Waals surface area contributed by atoms with Gasteiger partial charge in [-0.3, -0.25) is 0 Å². The van der Waals surface area contributed by atoms with Crippen LogP contribution >= 0.6 is 11.3 Å². The van der Waals surface area contributed by atoms with Gasteiger partial charge in [-0.25, -0.2) is 4.98 Å². The van der Waals surface area contributed by atoms with E-state index >= 15 is 0 Å². The number of benzene rings is 2. The standard InChI is InChI=1S/C19H18N2S/c1-2-7-16(8-3-1)19-20-18(14-22-19)13-21-11-10-15-6-4-5-9-17(15)12-21/h1-9,14H,10-13H2/p+1. The second-order valence-corrected chi connectivity index (χ2v) is 6.74. The number of thiazole rings is 1. The molecule has 2 nitrogen and oxygen atoms in total. The number of fused-ring (bicyclic) bond motifs is 1. The summed E-state index contributed by atoms with van der Waals surface area (Å²) in [6.07, 6.45) is 1.18. The van der Waals surface area contributed by atoms with Crippen molar-refractivity contribution in [1.29, 1.82) is 0 Å². The first kappa shape index (κ1) is 13.7. The molecule has 1 atom stereocenters. The van der Waals surface area contributed by atoms with Crippen molar-refractivity contribution in [1.82, 2.24) is 4.98 Å². The summed E-state index contributed by atoms with van der Waals surface area (Å²) in [5.74, 6) is 0. The molecule has 0 amide bonds. The molecule has 0 saturated heterocycles. The molecule has 1 unspecified atom stereocenters. The SMILES string of the molecule is c1ccc(-c2nc(C[NH+]3CCc4ccccc4C3)cs2)cc1. The van der Waals surface area contributed by atoms with Crippen molar-refractivity contribution in [3.63, 3.8) is 0 Å². The highest BCUT2D eigenvalue weighted by Crippen LogP contribution is 2.23. The number of quaternary nitrogens is 1. The smallest absolute Gasteiger partial charge is 0.123 e. The van der Waals surface area contributed by atoms with Gasteiger partial charge in [0.25, 0.3) is 0 Å². The number of hydrogen-bond donors (Lipinski definition) is 1. The summed E-state index contributed by atoms with van der Waals surface area (Å²) >= 11 is 1.75. The summed E-state index contributed by atoms with van der Waals surface area (Å²) in [6, 6.07) is 19.3. The van der Waals surface area contributed by atoms with Gasteiger partial charge >= 0.3 is 0 Å². The zero-order chi connectivity index (χ0) is 14.8. The second kappa shape index (κ2) is 6.03. The molecule has 0 fully saturated rings. The molecule has 4 rings (SSSR count). The van der Waals surface area contributed by atoms with Gasteiger partial charge in [-0.1, -0.05) is 54.6 Å². The number of nitrogens with zero attached hydrogens (tertiary/aromatic N) is 1. The topological polar surface area (TPSA) is 17.3 Å². The fraction of sp³-hybridized carbons (Fsp3) is 0.211. The summed E-state index contributed by atoms with van der Waals surface area (Å²) in [5, 5.41) is 3.35. The van der Waals surface area contributed by atoms with Crippen LogP contribution in [0.3, 0.4) is 0 Å². The summed E-state index contributed by atoms with van der Waals surface area (Å²) in [6.45, 7) is 3.35. The minimum absolute atomic E-state index is 1.03. The van der Waals surface area contributed by atoms with Crippen molar-refractivity contribution in [3.05, 3.63) is 76.8 Å². The van der Waals surface area contributed by atoms with Crippen LogP contribution in [0.1, 0.15) is 16.8 Å². The normalized spacial score (nSPS) is 17.2. The minimum Gasteiger partial charge on any atom is -0.326 e. The Kier molecular flexibility index (Phi) is 3.75. The third-order valence-electron chi connectivity index (χ3n) is 4.31. The van der Waals surface area contributed by atoms with Crippen LogP contribution in [0.15, 0.2) is 60.0 Å². The maximum atomic E-state index is 4.83. The lowest BCUT2D eigenvalue weighted by Crippen LogP contribution is -3.10. The Bertz CT molecular complexity index is 764. The highest BCUT2D eigenvalue weighted by Gasteiger charge is 2.20. The molecule has 1 aliphatic heterocycles. The molecule has 0 aliphatic carbocycles. The van der Waals surface area contributed by atoms with Gasteiger partial charge in [-0.2, -0.15) is 0 Å². The largest absolute Gasteiger partial charge is 0.326 e. The molecule has 3 heteroatoms. The molecular formula is C19H19N2S+. The van der Waals surface area contributed by atoms with Gasteiger partial charge in [0.05, 0.1) is 6.54 Å². The maximum absolute atomic E-state index is 4.83. The van der Waals surface area contributed by atoms with Crippen LogP contribution in [-0.2, 0) is 19.5 Å². The quantitative estimate of drug-likeness (QED) is 0.787. The Balaban J connectivity index is 1.48. The van der Waals surface area contributed by atoms with Gasteiger partial charge in [0.1, 0.15) is 23.8 Å². The van der Waals surface area contributed by atoms with Crippen LogP contribution in [0, 0.1) is 0 Å². The average molecular weight is 307 g/mol. The highest BCUT2D eigenvalue weighted by atomic mass is 32.1. The number of hydrogen-bond acceptors (Lipinski definition) is 2.